The molecule has 0 radical (unpaired) electrons. The summed E-state index contributed by atoms with van der Waals surface area (Å²) in [6.45, 7) is 2.46. The van der Waals surface area contributed by atoms with Crippen LogP contribution in [0.3, 0.4) is 0 Å². The van der Waals surface area contributed by atoms with E-state index in [2.05, 4.69) is 15.3 Å². The summed E-state index contributed by atoms with van der Waals surface area (Å²) in [5.41, 5.74) is 1.45. The fraction of sp³-hybridized carbons (Fsp3) is 0.292. The second kappa shape index (κ2) is 10.2. The van der Waals surface area contributed by atoms with Crippen LogP contribution in [0.4, 0.5) is 4.39 Å². The van der Waals surface area contributed by atoms with Crippen molar-refractivity contribution in [2.45, 2.75) is 25.7 Å². The van der Waals surface area contributed by atoms with Crippen LogP contribution < -0.4 is 10.1 Å². The Kier molecular flexibility index (Phi) is 6.87. The number of nitrogens with zero attached hydrogens (tertiary/aromatic N) is 4. The zero-order chi connectivity index (χ0) is 23.2. The van der Waals surface area contributed by atoms with Crippen LogP contribution in [-0.4, -0.2) is 51.3 Å². The minimum absolute atomic E-state index is 0.0271. The lowest BCUT2D eigenvalue weighted by atomic mass is 9.94. The van der Waals surface area contributed by atoms with Crippen LogP contribution in [0.1, 0.15) is 31.4 Å². The Labute approximate surface area is 190 Å². The molecule has 9 heteroatoms. The smallest absolute Gasteiger partial charge is 0.241 e. The third kappa shape index (κ3) is 5.88. The van der Waals surface area contributed by atoms with E-state index < -0.39 is 5.82 Å². The summed E-state index contributed by atoms with van der Waals surface area (Å²) in [6, 6.07) is 11.2. The predicted molar refractivity (Wildman–Crippen MR) is 119 cm³/mol. The molecule has 1 aromatic carbocycles. The predicted octanol–water partition coefficient (Wildman–Crippen LogP) is 3.31. The van der Waals surface area contributed by atoms with Gasteiger partial charge in [-0.3, -0.25) is 14.6 Å². The van der Waals surface area contributed by atoms with Gasteiger partial charge in [0.25, 0.3) is 0 Å². The number of pyridine rings is 1. The molecule has 1 fully saturated rings. The number of halogens is 1. The van der Waals surface area contributed by atoms with Crippen molar-refractivity contribution >= 4 is 11.8 Å². The molecule has 1 saturated heterocycles. The van der Waals surface area contributed by atoms with Crippen LogP contribution in [0.2, 0.25) is 0 Å². The van der Waals surface area contributed by atoms with Crippen molar-refractivity contribution in [1.29, 1.82) is 0 Å². The molecule has 0 bridgehead atoms. The maximum atomic E-state index is 13.6. The van der Waals surface area contributed by atoms with Crippen LogP contribution in [0, 0.1) is 5.82 Å². The van der Waals surface area contributed by atoms with E-state index in [0.717, 1.165) is 24.1 Å². The molecule has 1 aliphatic heterocycles. The number of hydrogen-bond donors (Lipinski definition) is 1. The molecule has 3 heterocycles. The molecule has 2 amide bonds. The van der Waals surface area contributed by atoms with Gasteiger partial charge in [-0.1, -0.05) is 6.07 Å². The van der Waals surface area contributed by atoms with Crippen LogP contribution in [0.25, 0.3) is 11.4 Å². The zero-order valence-electron chi connectivity index (χ0n) is 18.2. The van der Waals surface area contributed by atoms with Crippen molar-refractivity contribution in [3.05, 3.63) is 66.4 Å². The highest BCUT2D eigenvalue weighted by Crippen LogP contribution is 2.31. The van der Waals surface area contributed by atoms with E-state index in [9.17, 15) is 14.0 Å². The number of carbonyl (C=O) groups excluding carboxylic acids is 2. The summed E-state index contributed by atoms with van der Waals surface area (Å²) >= 11 is 0. The molecule has 33 heavy (non-hydrogen) atoms. The van der Waals surface area contributed by atoms with E-state index in [1.165, 1.54) is 19.1 Å². The Morgan fingerprint density at radius 3 is 2.85 bits per heavy atom. The number of ether oxygens (including phenoxy) is 1. The minimum Gasteiger partial charge on any atom is -0.439 e. The van der Waals surface area contributed by atoms with Crippen molar-refractivity contribution in [1.82, 2.24) is 25.2 Å². The van der Waals surface area contributed by atoms with E-state index in [-0.39, 0.29) is 30.2 Å². The number of rotatable bonds is 6. The Morgan fingerprint density at radius 2 is 2.09 bits per heavy atom. The number of piperidine rings is 1. The van der Waals surface area contributed by atoms with Gasteiger partial charge in [0, 0.05) is 56.0 Å². The van der Waals surface area contributed by atoms with Crippen molar-refractivity contribution in [2.24, 2.45) is 0 Å². The van der Waals surface area contributed by atoms with E-state index >= 15 is 0 Å². The van der Waals surface area contributed by atoms with Crippen LogP contribution in [0.15, 0.2) is 54.9 Å². The van der Waals surface area contributed by atoms with E-state index in [4.69, 9.17) is 9.72 Å². The van der Waals surface area contributed by atoms with Gasteiger partial charge in [-0.05, 0) is 37.1 Å². The second-order valence-electron chi connectivity index (χ2n) is 7.84. The third-order valence-corrected chi connectivity index (χ3v) is 5.34. The van der Waals surface area contributed by atoms with Crippen molar-refractivity contribution in [3.8, 4) is 23.0 Å². The molecular weight excluding hydrogens is 425 g/mol. The van der Waals surface area contributed by atoms with Gasteiger partial charge in [0.05, 0.1) is 12.2 Å². The number of aromatic nitrogens is 3. The Hall–Kier alpha value is -3.88. The van der Waals surface area contributed by atoms with Gasteiger partial charge < -0.3 is 15.0 Å². The molecule has 8 nitrogen and oxygen atoms in total. The lowest BCUT2D eigenvalue weighted by molar-refractivity contribution is -0.133. The molecule has 1 atom stereocenters. The van der Waals surface area contributed by atoms with E-state index in [0.29, 0.717) is 24.7 Å². The largest absolute Gasteiger partial charge is 0.439 e. The summed E-state index contributed by atoms with van der Waals surface area (Å²) in [4.78, 5) is 38.8. The standard InChI is InChI=1S/C24H24FN5O3/c1-16(31)27-14-23(32)30-10-4-6-18(15-30)21-12-22(33-20-8-2-7-19(25)11-20)29-24(28-21)17-5-3-9-26-13-17/h2-3,5,7-9,11-13,18H,4,6,10,14-15H2,1H3,(H,27,31). The first kappa shape index (κ1) is 22.3. The number of nitrogens with one attached hydrogen (secondary N) is 1. The van der Waals surface area contributed by atoms with Gasteiger partial charge in [0.15, 0.2) is 5.82 Å². The maximum Gasteiger partial charge on any atom is 0.241 e. The molecule has 170 valence electrons. The summed E-state index contributed by atoms with van der Waals surface area (Å²) in [6.07, 6.45) is 4.97. The molecule has 0 spiro atoms. The quantitative estimate of drug-likeness (QED) is 0.620. The zero-order valence-corrected chi connectivity index (χ0v) is 18.2. The molecule has 0 saturated carbocycles. The molecular formula is C24H24FN5O3. The summed E-state index contributed by atoms with van der Waals surface area (Å²) < 4.78 is 19.5. The lowest BCUT2D eigenvalue weighted by Crippen LogP contribution is -2.44. The summed E-state index contributed by atoms with van der Waals surface area (Å²) in [5, 5.41) is 2.56. The average Bonchev–Trinajstić information content (AvgIpc) is 2.83. The first-order chi connectivity index (χ1) is 16.0. The minimum atomic E-state index is -0.408. The number of amides is 2. The second-order valence-corrected chi connectivity index (χ2v) is 7.84. The monoisotopic (exact) mass is 449 g/mol. The number of benzene rings is 1. The summed E-state index contributed by atoms with van der Waals surface area (Å²) in [7, 11) is 0. The van der Waals surface area contributed by atoms with Gasteiger partial charge in [-0.2, -0.15) is 4.98 Å². The average molecular weight is 449 g/mol. The van der Waals surface area contributed by atoms with Gasteiger partial charge in [-0.25, -0.2) is 9.37 Å². The number of hydrogen-bond acceptors (Lipinski definition) is 6. The Balaban J connectivity index is 1.62. The fourth-order valence-corrected chi connectivity index (χ4v) is 3.74. The molecule has 1 aliphatic rings. The van der Waals surface area contributed by atoms with E-state index in [1.54, 1.807) is 41.6 Å². The molecule has 3 aromatic rings. The van der Waals surface area contributed by atoms with Crippen molar-refractivity contribution in [3.63, 3.8) is 0 Å². The lowest BCUT2D eigenvalue weighted by Gasteiger charge is -2.32. The van der Waals surface area contributed by atoms with E-state index in [1.807, 2.05) is 6.07 Å². The first-order valence-corrected chi connectivity index (χ1v) is 10.7. The molecule has 0 aliphatic carbocycles. The number of likely N-dealkylation sites (tertiary alicyclic amines) is 1. The molecule has 1 N–H and O–H groups in total. The van der Waals surface area contributed by atoms with Crippen molar-refractivity contribution in [2.75, 3.05) is 19.6 Å². The summed E-state index contributed by atoms with van der Waals surface area (Å²) in [5.74, 6) is 0.233. The van der Waals surface area contributed by atoms with Crippen LogP contribution >= 0.6 is 0 Å². The normalized spacial score (nSPS) is 15.7. The van der Waals surface area contributed by atoms with Gasteiger partial charge in [-0.15, -0.1) is 0 Å². The van der Waals surface area contributed by atoms with Crippen LogP contribution in [-0.2, 0) is 9.59 Å². The van der Waals surface area contributed by atoms with Gasteiger partial charge in [0.1, 0.15) is 11.6 Å². The Bertz CT molecular complexity index is 1140. The molecule has 2 aromatic heterocycles. The highest BCUT2D eigenvalue weighted by molar-refractivity contribution is 5.83. The molecule has 4 rings (SSSR count). The van der Waals surface area contributed by atoms with Gasteiger partial charge in [0.2, 0.25) is 17.7 Å². The Morgan fingerprint density at radius 1 is 1.21 bits per heavy atom. The first-order valence-electron chi connectivity index (χ1n) is 10.7. The van der Waals surface area contributed by atoms with Crippen molar-refractivity contribution < 1.29 is 18.7 Å². The highest BCUT2D eigenvalue weighted by Gasteiger charge is 2.27. The molecule has 1 unspecified atom stereocenters. The van der Waals surface area contributed by atoms with Gasteiger partial charge >= 0.3 is 0 Å². The SMILES string of the molecule is CC(=O)NCC(=O)N1CCCC(c2cc(Oc3cccc(F)c3)nc(-c3cccnc3)n2)C1. The topological polar surface area (TPSA) is 97.3 Å². The fourth-order valence-electron chi connectivity index (χ4n) is 3.74. The third-order valence-electron chi connectivity index (χ3n) is 5.34. The van der Waals surface area contributed by atoms with Crippen LogP contribution in [0.5, 0.6) is 11.6 Å². The maximum absolute atomic E-state index is 13.6. The number of carbonyl (C=O) groups is 2. The highest BCUT2D eigenvalue weighted by atomic mass is 19.1.